The van der Waals surface area contributed by atoms with E-state index in [0.717, 1.165) is 30.2 Å². The van der Waals surface area contributed by atoms with Crippen molar-refractivity contribution in [2.45, 2.75) is 45.4 Å². The van der Waals surface area contributed by atoms with Crippen molar-refractivity contribution >= 4 is 11.6 Å². The fourth-order valence-corrected chi connectivity index (χ4v) is 4.40. The second kappa shape index (κ2) is 6.59. The standard InChI is InChI=1S/C23H24O2/c1-15-9-11-16(12-10-15)13-14-17-5-4-8-20-21(17)23(25)19-7-3-2-6-18(19)22(20)24/h2-8,15-16H,9-14H2,1H3. The first-order valence-electron chi connectivity index (χ1n) is 9.45. The summed E-state index contributed by atoms with van der Waals surface area (Å²) < 4.78 is 0. The molecule has 1 saturated carbocycles. The molecular formula is C23H24O2. The molecule has 0 N–H and O–H groups in total. The first-order chi connectivity index (χ1) is 12.1. The molecule has 0 unspecified atom stereocenters. The Kier molecular flexibility index (Phi) is 4.29. The van der Waals surface area contributed by atoms with Crippen LogP contribution >= 0.6 is 0 Å². The van der Waals surface area contributed by atoms with Crippen LogP contribution in [0.3, 0.4) is 0 Å². The maximum atomic E-state index is 13.0. The summed E-state index contributed by atoms with van der Waals surface area (Å²) >= 11 is 0. The molecule has 2 heteroatoms. The van der Waals surface area contributed by atoms with Crippen molar-refractivity contribution in [2.24, 2.45) is 11.8 Å². The largest absolute Gasteiger partial charge is 0.289 e. The van der Waals surface area contributed by atoms with Crippen LogP contribution in [0.1, 0.15) is 76.4 Å². The van der Waals surface area contributed by atoms with E-state index in [1.54, 1.807) is 18.2 Å². The van der Waals surface area contributed by atoms with Gasteiger partial charge in [-0.25, -0.2) is 0 Å². The van der Waals surface area contributed by atoms with Gasteiger partial charge in [0.25, 0.3) is 0 Å². The first kappa shape index (κ1) is 16.3. The lowest BCUT2D eigenvalue weighted by Crippen LogP contribution is -2.22. The van der Waals surface area contributed by atoms with E-state index in [4.69, 9.17) is 0 Å². The molecular weight excluding hydrogens is 308 g/mol. The topological polar surface area (TPSA) is 34.1 Å². The van der Waals surface area contributed by atoms with Crippen molar-refractivity contribution in [1.29, 1.82) is 0 Å². The Labute approximate surface area is 149 Å². The third-order valence-corrected chi connectivity index (χ3v) is 6.00. The van der Waals surface area contributed by atoms with E-state index >= 15 is 0 Å². The van der Waals surface area contributed by atoms with Gasteiger partial charge in [-0.3, -0.25) is 9.59 Å². The second-order valence-electron chi connectivity index (χ2n) is 7.71. The number of rotatable bonds is 3. The number of ketones is 2. The molecule has 0 amide bonds. The molecule has 0 heterocycles. The quantitative estimate of drug-likeness (QED) is 0.659. The van der Waals surface area contributed by atoms with Crippen molar-refractivity contribution in [1.82, 2.24) is 0 Å². The highest BCUT2D eigenvalue weighted by Gasteiger charge is 2.31. The molecule has 4 rings (SSSR count). The van der Waals surface area contributed by atoms with E-state index < -0.39 is 0 Å². The van der Waals surface area contributed by atoms with E-state index in [-0.39, 0.29) is 11.6 Å². The zero-order chi connectivity index (χ0) is 17.4. The molecule has 0 aliphatic heterocycles. The highest BCUT2D eigenvalue weighted by atomic mass is 16.1. The van der Waals surface area contributed by atoms with Gasteiger partial charge in [0.15, 0.2) is 11.6 Å². The van der Waals surface area contributed by atoms with Crippen LogP contribution in [0.5, 0.6) is 0 Å². The molecule has 2 aromatic carbocycles. The maximum absolute atomic E-state index is 13.0. The van der Waals surface area contributed by atoms with Gasteiger partial charge in [0.05, 0.1) is 0 Å². The van der Waals surface area contributed by atoms with Crippen LogP contribution in [0.2, 0.25) is 0 Å². The van der Waals surface area contributed by atoms with Crippen molar-refractivity contribution < 1.29 is 9.59 Å². The van der Waals surface area contributed by atoms with Crippen LogP contribution in [0.4, 0.5) is 0 Å². The van der Waals surface area contributed by atoms with Crippen LogP contribution < -0.4 is 0 Å². The molecule has 2 aromatic rings. The van der Waals surface area contributed by atoms with Gasteiger partial charge in [-0.15, -0.1) is 0 Å². The van der Waals surface area contributed by atoms with Crippen LogP contribution in [0.15, 0.2) is 42.5 Å². The Hall–Kier alpha value is -2.22. The summed E-state index contributed by atoms with van der Waals surface area (Å²) in [6, 6.07) is 13.0. The predicted molar refractivity (Wildman–Crippen MR) is 99.2 cm³/mol. The smallest absolute Gasteiger partial charge is 0.194 e. The van der Waals surface area contributed by atoms with Gasteiger partial charge >= 0.3 is 0 Å². The molecule has 0 atom stereocenters. The summed E-state index contributed by atoms with van der Waals surface area (Å²) in [4.78, 5) is 25.8. The van der Waals surface area contributed by atoms with Gasteiger partial charge in [0.1, 0.15) is 0 Å². The second-order valence-corrected chi connectivity index (χ2v) is 7.71. The third-order valence-electron chi connectivity index (χ3n) is 6.00. The molecule has 2 aliphatic carbocycles. The summed E-state index contributed by atoms with van der Waals surface area (Å²) in [6.07, 6.45) is 7.25. The number of benzene rings is 2. The highest BCUT2D eigenvalue weighted by Crippen LogP contribution is 2.34. The number of hydrogen-bond acceptors (Lipinski definition) is 2. The van der Waals surface area contributed by atoms with Crippen molar-refractivity contribution in [3.05, 3.63) is 70.3 Å². The molecule has 25 heavy (non-hydrogen) atoms. The lowest BCUT2D eigenvalue weighted by atomic mass is 9.78. The minimum absolute atomic E-state index is 0.0121. The fourth-order valence-electron chi connectivity index (χ4n) is 4.40. The molecule has 0 bridgehead atoms. The van der Waals surface area contributed by atoms with Gasteiger partial charge in [-0.2, -0.15) is 0 Å². The molecule has 0 saturated heterocycles. The zero-order valence-corrected chi connectivity index (χ0v) is 14.8. The van der Waals surface area contributed by atoms with Gasteiger partial charge in [0, 0.05) is 22.3 Å². The summed E-state index contributed by atoms with van der Waals surface area (Å²) in [6.45, 7) is 2.34. The Morgan fingerprint density at radius 3 is 2.16 bits per heavy atom. The van der Waals surface area contributed by atoms with Crippen LogP contribution in [0.25, 0.3) is 0 Å². The molecule has 0 aromatic heterocycles. The van der Waals surface area contributed by atoms with Crippen molar-refractivity contribution in [3.63, 3.8) is 0 Å². The lowest BCUT2D eigenvalue weighted by molar-refractivity contribution is 0.0978. The molecule has 0 radical (unpaired) electrons. The highest BCUT2D eigenvalue weighted by molar-refractivity contribution is 6.28. The number of aryl methyl sites for hydroxylation is 1. The fraction of sp³-hybridized carbons (Fsp3) is 0.391. The zero-order valence-electron chi connectivity index (χ0n) is 14.8. The molecule has 0 spiro atoms. The number of hydrogen-bond donors (Lipinski definition) is 0. The number of carbonyl (C=O) groups excluding carboxylic acids is 2. The SMILES string of the molecule is CC1CCC(CCc2cccc3c2C(=O)c2ccccc2C3=O)CC1. The minimum Gasteiger partial charge on any atom is -0.289 e. The molecule has 128 valence electrons. The number of fused-ring (bicyclic) bond motifs is 2. The van der Waals surface area contributed by atoms with Crippen molar-refractivity contribution in [2.75, 3.05) is 0 Å². The van der Waals surface area contributed by atoms with E-state index in [0.29, 0.717) is 22.3 Å². The van der Waals surface area contributed by atoms with E-state index in [1.165, 1.54) is 25.7 Å². The van der Waals surface area contributed by atoms with Crippen LogP contribution in [-0.4, -0.2) is 11.6 Å². The van der Waals surface area contributed by atoms with E-state index in [9.17, 15) is 9.59 Å². The minimum atomic E-state index is -0.0152. The third kappa shape index (κ3) is 2.95. The van der Waals surface area contributed by atoms with Gasteiger partial charge in [0.2, 0.25) is 0 Å². The molecule has 2 nitrogen and oxygen atoms in total. The predicted octanol–water partition coefficient (Wildman–Crippen LogP) is 5.22. The van der Waals surface area contributed by atoms with Gasteiger partial charge in [-0.1, -0.05) is 75.1 Å². The lowest BCUT2D eigenvalue weighted by Gasteiger charge is -2.26. The van der Waals surface area contributed by atoms with Gasteiger partial charge in [-0.05, 0) is 30.2 Å². The average Bonchev–Trinajstić information content (AvgIpc) is 2.65. The molecule has 2 aliphatic rings. The molecule has 1 fully saturated rings. The van der Waals surface area contributed by atoms with Gasteiger partial charge < -0.3 is 0 Å². The summed E-state index contributed by atoms with van der Waals surface area (Å²) in [5.41, 5.74) is 3.37. The van der Waals surface area contributed by atoms with Crippen molar-refractivity contribution in [3.8, 4) is 0 Å². The van der Waals surface area contributed by atoms with E-state index in [2.05, 4.69) is 6.92 Å². The summed E-state index contributed by atoms with van der Waals surface area (Å²) in [5.74, 6) is 1.61. The Morgan fingerprint density at radius 2 is 1.44 bits per heavy atom. The normalized spacial score (nSPS) is 22.4. The summed E-state index contributed by atoms with van der Waals surface area (Å²) in [7, 11) is 0. The average molecular weight is 332 g/mol. The maximum Gasteiger partial charge on any atom is 0.194 e. The Balaban J connectivity index is 1.61. The Morgan fingerprint density at radius 1 is 0.800 bits per heavy atom. The first-order valence-corrected chi connectivity index (χ1v) is 9.45. The summed E-state index contributed by atoms with van der Waals surface area (Å²) in [5, 5.41) is 0. The Bertz CT molecular complexity index is 826. The van der Waals surface area contributed by atoms with E-state index in [1.807, 2.05) is 24.3 Å². The monoisotopic (exact) mass is 332 g/mol. The number of carbonyl (C=O) groups is 2. The van der Waals surface area contributed by atoms with Crippen LogP contribution in [0, 0.1) is 11.8 Å². The van der Waals surface area contributed by atoms with Crippen LogP contribution in [-0.2, 0) is 6.42 Å².